The Labute approximate surface area is 182 Å². The zero-order valence-corrected chi connectivity index (χ0v) is 17.8. The average Bonchev–Trinajstić information content (AvgIpc) is 2.76. The first kappa shape index (κ1) is 20.0. The number of phenols is 1. The van der Waals surface area contributed by atoms with E-state index in [1.165, 1.54) is 57.3 Å². The summed E-state index contributed by atoms with van der Waals surface area (Å²) in [5.74, 6) is 1.91. The van der Waals surface area contributed by atoms with Gasteiger partial charge in [-0.2, -0.15) is 0 Å². The lowest BCUT2D eigenvalue weighted by Gasteiger charge is -2.57. The van der Waals surface area contributed by atoms with Crippen molar-refractivity contribution in [3.8, 4) is 5.75 Å². The highest BCUT2D eigenvalue weighted by atomic mass is 16.5. The molecule has 2 aromatic carbocycles. The third-order valence-electron chi connectivity index (χ3n) is 7.68. The summed E-state index contributed by atoms with van der Waals surface area (Å²) in [7, 11) is 1.33. The van der Waals surface area contributed by atoms with Crippen molar-refractivity contribution in [1.29, 1.82) is 0 Å². The minimum Gasteiger partial charge on any atom is -0.507 e. The van der Waals surface area contributed by atoms with Crippen LogP contribution < -0.4 is 0 Å². The van der Waals surface area contributed by atoms with E-state index in [0.29, 0.717) is 11.1 Å². The molecule has 31 heavy (non-hydrogen) atoms. The monoisotopic (exact) mass is 416 g/mol. The summed E-state index contributed by atoms with van der Waals surface area (Å²) in [6, 6.07) is 12.7. The molecule has 6 rings (SSSR count). The van der Waals surface area contributed by atoms with Crippen LogP contribution in [0, 0.1) is 17.8 Å². The number of ether oxygens (including phenoxy) is 1. The van der Waals surface area contributed by atoms with Crippen LogP contribution in [0.5, 0.6) is 5.75 Å². The van der Waals surface area contributed by atoms with Gasteiger partial charge in [-0.3, -0.25) is 4.79 Å². The van der Waals surface area contributed by atoms with Crippen molar-refractivity contribution in [3.05, 3.63) is 70.8 Å². The van der Waals surface area contributed by atoms with Gasteiger partial charge in [-0.25, -0.2) is 4.79 Å². The number of carbonyl (C=O) groups is 2. The zero-order chi connectivity index (χ0) is 21.6. The van der Waals surface area contributed by atoms with Gasteiger partial charge < -0.3 is 9.84 Å². The van der Waals surface area contributed by atoms with Gasteiger partial charge in [0.05, 0.1) is 12.7 Å². The van der Waals surface area contributed by atoms with Gasteiger partial charge in [-0.15, -0.1) is 0 Å². The van der Waals surface area contributed by atoms with E-state index in [1.807, 2.05) is 12.1 Å². The number of aromatic hydroxyl groups is 1. The van der Waals surface area contributed by atoms with E-state index >= 15 is 0 Å². The highest BCUT2D eigenvalue weighted by Gasteiger charge is 2.51. The molecular formula is C27H28O4. The summed E-state index contributed by atoms with van der Waals surface area (Å²) in [6.07, 6.45) is 10.8. The first-order valence-electron chi connectivity index (χ1n) is 11.2. The number of esters is 1. The van der Waals surface area contributed by atoms with Crippen LogP contribution in [0.25, 0.3) is 6.08 Å². The molecule has 0 radical (unpaired) electrons. The Morgan fingerprint density at radius 1 is 0.968 bits per heavy atom. The quantitative estimate of drug-likeness (QED) is 0.409. The highest BCUT2D eigenvalue weighted by molar-refractivity contribution is 6.10. The number of phenolic OH excluding ortho intramolecular Hbond substituents is 1. The molecule has 4 fully saturated rings. The fraction of sp³-hybridized carbons (Fsp3) is 0.407. The smallest absolute Gasteiger partial charge is 0.330 e. The van der Waals surface area contributed by atoms with Crippen LogP contribution in [-0.4, -0.2) is 24.0 Å². The molecule has 0 unspecified atom stereocenters. The van der Waals surface area contributed by atoms with Gasteiger partial charge >= 0.3 is 5.97 Å². The van der Waals surface area contributed by atoms with Crippen LogP contribution in [0.15, 0.2) is 48.5 Å². The van der Waals surface area contributed by atoms with E-state index in [-0.39, 0.29) is 16.9 Å². The summed E-state index contributed by atoms with van der Waals surface area (Å²) in [5, 5.41) is 10.5. The van der Waals surface area contributed by atoms with Gasteiger partial charge in [0.25, 0.3) is 0 Å². The third-order valence-corrected chi connectivity index (χ3v) is 7.68. The molecule has 4 heteroatoms. The van der Waals surface area contributed by atoms with Crippen LogP contribution >= 0.6 is 0 Å². The lowest BCUT2D eigenvalue weighted by atomic mass is 9.48. The highest BCUT2D eigenvalue weighted by Crippen LogP contribution is 2.60. The molecule has 1 N–H and O–H groups in total. The molecule has 0 heterocycles. The van der Waals surface area contributed by atoms with Gasteiger partial charge in [0, 0.05) is 11.6 Å². The van der Waals surface area contributed by atoms with E-state index < -0.39 is 5.97 Å². The fourth-order valence-electron chi connectivity index (χ4n) is 6.65. The normalized spacial score (nSPS) is 28.7. The molecular weight excluding hydrogens is 388 g/mol. The molecule has 0 spiro atoms. The second-order valence-corrected chi connectivity index (χ2v) is 9.74. The first-order chi connectivity index (χ1) is 15.0. The predicted molar refractivity (Wildman–Crippen MR) is 119 cm³/mol. The van der Waals surface area contributed by atoms with E-state index in [2.05, 4.69) is 4.74 Å². The van der Waals surface area contributed by atoms with Crippen LogP contribution in [0.4, 0.5) is 0 Å². The molecule has 4 aliphatic rings. The Balaban J connectivity index is 1.41. The minimum atomic E-state index is -0.424. The lowest BCUT2D eigenvalue weighted by Crippen LogP contribution is -2.48. The zero-order valence-electron chi connectivity index (χ0n) is 17.8. The minimum absolute atomic E-state index is 0.0353. The Kier molecular flexibility index (Phi) is 4.96. The number of benzene rings is 2. The largest absolute Gasteiger partial charge is 0.507 e. The van der Waals surface area contributed by atoms with Crippen molar-refractivity contribution < 1.29 is 19.4 Å². The van der Waals surface area contributed by atoms with Crippen LogP contribution in [0.2, 0.25) is 0 Å². The fourth-order valence-corrected chi connectivity index (χ4v) is 6.65. The molecule has 4 saturated carbocycles. The number of carbonyl (C=O) groups excluding carboxylic acids is 2. The Bertz CT molecular complexity index is 1010. The molecule has 4 aliphatic carbocycles. The van der Waals surface area contributed by atoms with Crippen molar-refractivity contribution in [3.63, 3.8) is 0 Å². The van der Waals surface area contributed by atoms with Crippen molar-refractivity contribution in [2.75, 3.05) is 7.11 Å². The topological polar surface area (TPSA) is 63.6 Å². The van der Waals surface area contributed by atoms with Gasteiger partial charge in [-0.05, 0) is 91.0 Å². The standard InChI is InChI=1S/C27H28O4/c1-31-25(29)9-4-17-2-5-21(6-3-17)26(30)23-13-22(7-8-24(23)28)27-14-18-10-19(15-27)12-20(11-18)16-27/h2-9,13,18-20,28H,10-12,14-16H2,1H3/b9-4+. The number of methoxy groups -OCH3 is 1. The molecule has 0 atom stereocenters. The Morgan fingerprint density at radius 3 is 2.16 bits per heavy atom. The lowest BCUT2D eigenvalue weighted by molar-refractivity contribution is -0.134. The number of ketones is 1. The van der Waals surface area contributed by atoms with Gasteiger partial charge in [-0.1, -0.05) is 30.3 Å². The number of hydrogen-bond donors (Lipinski definition) is 1. The average molecular weight is 417 g/mol. The van der Waals surface area contributed by atoms with Crippen molar-refractivity contribution in [2.24, 2.45) is 17.8 Å². The molecule has 0 saturated heterocycles. The molecule has 0 amide bonds. The van der Waals surface area contributed by atoms with E-state index in [4.69, 9.17) is 0 Å². The summed E-state index contributed by atoms with van der Waals surface area (Å²) in [4.78, 5) is 24.5. The van der Waals surface area contributed by atoms with Crippen LogP contribution in [0.1, 0.15) is 65.6 Å². The molecule has 0 aliphatic heterocycles. The second-order valence-electron chi connectivity index (χ2n) is 9.74. The summed E-state index contributed by atoms with van der Waals surface area (Å²) in [5.41, 5.74) is 3.11. The maximum absolute atomic E-state index is 13.2. The summed E-state index contributed by atoms with van der Waals surface area (Å²) >= 11 is 0. The maximum Gasteiger partial charge on any atom is 0.330 e. The SMILES string of the molecule is COC(=O)/C=C/c1ccc(C(=O)c2cc(C34CC5CC(CC(C5)C3)C4)ccc2O)cc1. The van der Waals surface area contributed by atoms with Crippen molar-refractivity contribution >= 4 is 17.8 Å². The predicted octanol–water partition coefficient (Wildman–Crippen LogP) is 5.28. The maximum atomic E-state index is 13.2. The second kappa shape index (κ2) is 7.67. The Morgan fingerprint density at radius 2 is 1.58 bits per heavy atom. The third kappa shape index (κ3) is 3.69. The molecule has 160 valence electrons. The van der Waals surface area contributed by atoms with Gasteiger partial charge in [0.15, 0.2) is 5.78 Å². The number of rotatable bonds is 5. The molecule has 2 aromatic rings. The van der Waals surface area contributed by atoms with Crippen molar-refractivity contribution in [1.82, 2.24) is 0 Å². The number of hydrogen-bond acceptors (Lipinski definition) is 4. The van der Waals surface area contributed by atoms with Gasteiger partial charge in [0.1, 0.15) is 5.75 Å². The summed E-state index contributed by atoms with van der Waals surface area (Å²) in [6.45, 7) is 0. The first-order valence-corrected chi connectivity index (χ1v) is 11.2. The summed E-state index contributed by atoms with van der Waals surface area (Å²) < 4.78 is 4.60. The Hall–Kier alpha value is -2.88. The molecule has 4 nitrogen and oxygen atoms in total. The molecule has 0 aromatic heterocycles. The van der Waals surface area contributed by atoms with E-state index in [9.17, 15) is 14.7 Å². The van der Waals surface area contributed by atoms with E-state index in [0.717, 1.165) is 23.3 Å². The van der Waals surface area contributed by atoms with Crippen molar-refractivity contribution in [2.45, 2.75) is 43.9 Å². The van der Waals surface area contributed by atoms with Gasteiger partial charge in [0.2, 0.25) is 0 Å². The van der Waals surface area contributed by atoms with Crippen LogP contribution in [0.3, 0.4) is 0 Å². The molecule has 4 bridgehead atoms. The van der Waals surface area contributed by atoms with E-state index in [1.54, 1.807) is 36.4 Å². The van der Waals surface area contributed by atoms with Crippen LogP contribution in [-0.2, 0) is 14.9 Å².